The smallest absolute Gasteiger partial charge is 0.410 e. The van der Waals surface area contributed by atoms with Crippen molar-refractivity contribution in [1.82, 2.24) is 14.9 Å². The summed E-state index contributed by atoms with van der Waals surface area (Å²) in [5, 5.41) is -0.00970. The van der Waals surface area contributed by atoms with Gasteiger partial charge in [-0.2, -0.15) is 0 Å². The topological polar surface area (TPSA) is 89.5 Å². The molecule has 33 heavy (non-hydrogen) atoms. The number of benzene rings is 1. The SMILES string of the molecule is CC(C)(C)OC(=O)N1Cc2cc(-c3nc(S(C)(=O)=O)ncc3Cl)sc2C(c2ccccc2)C1. The van der Waals surface area contributed by atoms with E-state index in [2.05, 4.69) is 9.97 Å². The van der Waals surface area contributed by atoms with Crippen LogP contribution in [0.1, 0.15) is 42.7 Å². The van der Waals surface area contributed by atoms with E-state index in [1.165, 1.54) is 17.5 Å². The molecule has 0 saturated heterocycles. The molecule has 4 rings (SSSR count). The first-order valence-electron chi connectivity index (χ1n) is 10.3. The lowest BCUT2D eigenvalue weighted by molar-refractivity contribution is 0.0215. The first-order chi connectivity index (χ1) is 15.4. The summed E-state index contributed by atoms with van der Waals surface area (Å²) >= 11 is 7.86. The fraction of sp³-hybridized carbons (Fsp3) is 0.348. The monoisotopic (exact) mass is 505 g/mol. The van der Waals surface area contributed by atoms with Crippen LogP contribution in [0.4, 0.5) is 4.79 Å². The van der Waals surface area contributed by atoms with Crippen molar-refractivity contribution in [3.8, 4) is 10.6 Å². The Hall–Kier alpha value is -2.49. The molecular formula is C23H24ClN3O4S2. The molecule has 0 spiro atoms. The third-order valence-electron chi connectivity index (χ3n) is 5.06. The molecule has 1 aliphatic heterocycles. The standard InChI is InChI=1S/C23H24ClN3O4S2/c1-23(2,3)31-22(28)27-12-15-10-18(19-17(24)11-25-21(26-19)33(4,29)30)32-20(15)16(13-27)14-8-6-5-7-9-14/h5-11,16H,12-13H2,1-4H3. The molecule has 0 saturated carbocycles. The van der Waals surface area contributed by atoms with Crippen molar-refractivity contribution in [3.63, 3.8) is 0 Å². The highest BCUT2D eigenvalue weighted by Gasteiger charge is 2.34. The lowest BCUT2D eigenvalue weighted by Crippen LogP contribution is -2.41. The molecule has 1 aliphatic rings. The Morgan fingerprint density at radius 2 is 1.94 bits per heavy atom. The molecule has 0 radical (unpaired) electrons. The predicted molar refractivity (Wildman–Crippen MR) is 128 cm³/mol. The van der Waals surface area contributed by atoms with Gasteiger partial charge in [0.2, 0.25) is 15.0 Å². The van der Waals surface area contributed by atoms with Gasteiger partial charge in [-0.05, 0) is 38.0 Å². The van der Waals surface area contributed by atoms with Crippen LogP contribution in [0.2, 0.25) is 5.02 Å². The Kier molecular flexibility index (Phi) is 6.24. The minimum Gasteiger partial charge on any atom is -0.444 e. The second-order valence-electron chi connectivity index (χ2n) is 8.95. The van der Waals surface area contributed by atoms with Crippen molar-refractivity contribution >= 4 is 38.9 Å². The summed E-state index contributed by atoms with van der Waals surface area (Å²) in [5.41, 5.74) is 1.79. The van der Waals surface area contributed by atoms with Crippen LogP contribution < -0.4 is 0 Å². The number of carbonyl (C=O) groups excluding carboxylic acids is 1. The van der Waals surface area contributed by atoms with Gasteiger partial charge in [-0.15, -0.1) is 11.3 Å². The number of hydrogen-bond donors (Lipinski definition) is 0. The molecule has 10 heteroatoms. The van der Waals surface area contributed by atoms with Crippen molar-refractivity contribution in [2.24, 2.45) is 0 Å². The highest BCUT2D eigenvalue weighted by atomic mass is 35.5. The Bertz CT molecular complexity index is 1300. The number of hydrogen-bond acceptors (Lipinski definition) is 7. The third kappa shape index (κ3) is 5.20. The van der Waals surface area contributed by atoms with E-state index in [1.807, 2.05) is 57.2 Å². The summed E-state index contributed by atoms with van der Waals surface area (Å²) in [5.74, 6) is -0.0591. The molecule has 1 atom stereocenters. The largest absolute Gasteiger partial charge is 0.444 e. The van der Waals surface area contributed by atoms with Crippen LogP contribution in [-0.4, -0.2) is 47.8 Å². The summed E-state index contributed by atoms with van der Waals surface area (Å²) < 4.78 is 29.6. The minimum absolute atomic E-state index is 0.0591. The van der Waals surface area contributed by atoms with Gasteiger partial charge in [0.15, 0.2) is 0 Å². The fourth-order valence-corrected chi connectivity index (χ4v) is 5.71. The van der Waals surface area contributed by atoms with Crippen molar-refractivity contribution in [2.45, 2.75) is 44.0 Å². The lowest BCUT2D eigenvalue weighted by Gasteiger charge is -2.34. The second kappa shape index (κ2) is 8.70. The van der Waals surface area contributed by atoms with Crippen LogP contribution in [0.3, 0.4) is 0 Å². The van der Waals surface area contributed by atoms with E-state index in [4.69, 9.17) is 16.3 Å². The summed E-state index contributed by atoms with van der Waals surface area (Å²) in [4.78, 5) is 24.5. The molecule has 1 unspecified atom stereocenters. The van der Waals surface area contributed by atoms with E-state index >= 15 is 0 Å². The summed E-state index contributed by atoms with van der Waals surface area (Å²) in [6, 6.07) is 11.9. The van der Waals surface area contributed by atoms with Gasteiger partial charge in [0, 0.05) is 23.6 Å². The molecule has 0 aliphatic carbocycles. The summed E-state index contributed by atoms with van der Waals surface area (Å²) in [7, 11) is -3.59. The van der Waals surface area contributed by atoms with Crippen molar-refractivity contribution in [2.75, 3.05) is 12.8 Å². The molecule has 1 aromatic carbocycles. The van der Waals surface area contributed by atoms with Gasteiger partial charge in [0.05, 0.1) is 22.6 Å². The van der Waals surface area contributed by atoms with Crippen LogP contribution in [-0.2, 0) is 21.1 Å². The Labute approximate surface area is 202 Å². The van der Waals surface area contributed by atoms with Crippen molar-refractivity contribution in [1.29, 1.82) is 0 Å². The average Bonchev–Trinajstić information content (AvgIpc) is 3.16. The van der Waals surface area contributed by atoms with Gasteiger partial charge in [-0.1, -0.05) is 41.9 Å². The van der Waals surface area contributed by atoms with Crippen LogP contribution >= 0.6 is 22.9 Å². The molecule has 0 fully saturated rings. The number of thiophene rings is 1. The summed E-state index contributed by atoms with van der Waals surface area (Å²) in [6.07, 6.45) is 1.99. The molecule has 1 amide bonds. The van der Waals surface area contributed by atoms with E-state index in [0.717, 1.165) is 27.1 Å². The van der Waals surface area contributed by atoms with Gasteiger partial charge in [0.25, 0.3) is 0 Å². The maximum atomic E-state index is 12.9. The lowest BCUT2D eigenvalue weighted by atomic mass is 9.91. The van der Waals surface area contributed by atoms with Crippen LogP contribution in [0, 0.1) is 0 Å². The first kappa shape index (κ1) is 23.7. The number of carbonyl (C=O) groups is 1. The number of amides is 1. The van der Waals surface area contributed by atoms with Crippen LogP contribution in [0.25, 0.3) is 10.6 Å². The number of sulfone groups is 1. The van der Waals surface area contributed by atoms with Gasteiger partial charge in [0.1, 0.15) is 11.3 Å². The van der Waals surface area contributed by atoms with Gasteiger partial charge in [-0.3, -0.25) is 0 Å². The van der Waals surface area contributed by atoms with E-state index in [1.54, 1.807) is 4.90 Å². The third-order valence-corrected chi connectivity index (χ3v) is 7.50. The zero-order valence-electron chi connectivity index (χ0n) is 18.7. The number of ether oxygens (including phenoxy) is 1. The van der Waals surface area contributed by atoms with Gasteiger partial charge >= 0.3 is 6.09 Å². The Morgan fingerprint density at radius 3 is 2.58 bits per heavy atom. The average molecular weight is 506 g/mol. The Balaban J connectivity index is 1.79. The van der Waals surface area contributed by atoms with E-state index in [-0.39, 0.29) is 22.2 Å². The number of rotatable bonds is 3. The highest BCUT2D eigenvalue weighted by Crippen LogP contribution is 2.43. The molecule has 0 N–H and O–H groups in total. The molecule has 0 bridgehead atoms. The summed E-state index contributed by atoms with van der Waals surface area (Å²) in [6.45, 7) is 6.38. The molecule has 3 heterocycles. The molecule has 3 aromatic rings. The normalized spacial score (nSPS) is 16.4. The zero-order chi connectivity index (χ0) is 24.0. The maximum Gasteiger partial charge on any atom is 0.410 e. The number of fused-ring (bicyclic) bond motifs is 1. The van der Waals surface area contributed by atoms with Gasteiger partial charge < -0.3 is 9.64 Å². The van der Waals surface area contributed by atoms with Crippen LogP contribution in [0.15, 0.2) is 47.8 Å². The highest BCUT2D eigenvalue weighted by molar-refractivity contribution is 7.90. The first-order valence-corrected chi connectivity index (χ1v) is 13.4. The molecule has 2 aromatic heterocycles. The van der Waals surface area contributed by atoms with Gasteiger partial charge in [-0.25, -0.2) is 23.2 Å². The molecule has 174 valence electrons. The van der Waals surface area contributed by atoms with Crippen LogP contribution in [0.5, 0.6) is 0 Å². The van der Waals surface area contributed by atoms with Crippen molar-refractivity contribution < 1.29 is 17.9 Å². The molecule has 7 nitrogen and oxygen atoms in total. The van der Waals surface area contributed by atoms with E-state index in [9.17, 15) is 13.2 Å². The second-order valence-corrected chi connectivity index (χ2v) is 12.3. The maximum absolute atomic E-state index is 12.9. The van der Waals surface area contributed by atoms with E-state index in [0.29, 0.717) is 18.8 Å². The minimum atomic E-state index is -3.59. The fourth-order valence-electron chi connectivity index (χ4n) is 3.66. The molecular weight excluding hydrogens is 482 g/mol. The predicted octanol–water partition coefficient (Wildman–Crippen LogP) is 5.14. The number of nitrogens with zero attached hydrogens (tertiary/aromatic N) is 3. The van der Waals surface area contributed by atoms with Crippen molar-refractivity contribution in [3.05, 3.63) is 63.6 Å². The zero-order valence-corrected chi connectivity index (χ0v) is 21.1. The number of aromatic nitrogens is 2. The number of halogens is 1. The Morgan fingerprint density at radius 1 is 1.24 bits per heavy atom. The van der Waals surface area contributed by atoms with E-state index < -0.39 is 15.4 Å². The quantitative estimate of drug-likeness (QED) is 0.457.